The number of unbranched alkanes of at least 4 members (excludes halogenated alkanes) is 3. The summed E-state index contributed by atoms with van der Waals surface area (Å²) < 4.78 is 9.88. The minimum atomic E-state index is -1.29. The Kier molecular flexibility index (Phi) is 9.88. The van der Waals surface area contributed by atoms with Gasteiger partial charge in [-0.15, -0.1) is 0 Å². The highest BCUT2D eigenvalue weighted by atomic mass is 16.6. The van der Waals surface area contributed by atoms with Crippen molar-refractivity contribution in [1.29, 1.82) is 0 Å². The lowest BCUT2D eigenvalue weighted by Crippen LogP contribution is -2.36. The molecular formula is C17H26N4O4. The van der Waals surface area contributed by atoms with E-state index in [-0.39, 0.29) is 19.0 Å². The predicted molar refractivity (Wildman–Crippen MR) is 94.1 cm³/mol. The quantitative estimate of drug-likeness (QED) is 0.134. The van der Waals surface area contributed by atoms with Crippen molar-refractivity contribution in [2.45, 2.75) is 44.9 Å². The first-order chi connectivity index (χ1) is 12.0. The molecule has 0 fully saturated rings. The molecule has 0 saturated carbocycles. The maximum absolute atomic E-state index is 11.7. The zero-order valence-corrected chi connectivity index (χ0v) is 14.2. The molecule has 0 saturated heterocycles. The fourth-order valence-electron chi connectivity index (χ4n) is 1.99. The molecule has 1 rings (SSSR count). The SMILES string of the molecule is NC(N)=NCCCCCCC(=O)OC(=O)C(N)OCc1ccccc1. The average Bonchev–Trinajstić information content (AvgIpc) is 2.59. The molecule has 1 aromatic rings. The van der Waals surface area contributed by atoms with E-state index in [2.05, 4.69) is 9.73 Å². The molecule has 138 valence electrons. The van der Waals surface area contributed by atoms with Crippen LogP contribution in [0.2, 0.25) is 0 Å². The van der Waals surface area contributed by atoms with Crippen LogP contribution in [0.1, 0.15) is 37.7 Å². The second kappa shape index (κ2) is 12.0. The summed E-state index contributed by atoms with van der Waals surface area (Å²) in [5.74, 6) is -1.41. The molecular weight excluding hydrogens is 324 g/mol. The van der Waals surface area contributed by atoms with Crippen LogP contribution in [0.25, 0.3) is 0 Å². The number of hydrogen-bond acceptors (Lipinski definition) is 6. The average molecular weight is 350 g/mol. The van der Waals surface area contributed by atoms with Crippen molar-refractivity contribution in [2.24, 2.45) is 22.2 Å². The minimum absolute atomic E-state index is 0.0768. The van der Waals surface area contributed by atoms with E-state index >= 15 is 0 Å². The Hall–Kier alpha value is -2.45. The monoisotopic (exact) mass is 350 g/mol. The van der Waals surface area contributed by atoms with Crippen molar-refractivity contribution in [1.82, 2.24) is 0 Å². The Morgan fingerprint density at radius 3 is 2.40 bits per heavy atom. The lowest BCUT2D eigenvalue weighted by molar-refractivity contribution is -0.168. The molecule has 0 amide bonds. The van der Waals surface area contributed by atoms with E-state index in [4.69, 9.17) is 21.9 Å². The number of carbonyl (C=O) groups is 2. The fourth-order valence-corrected chi connectivity index (χ4v) is 1.99. The van der Waals surface area contributed by atoms with Crippen molar-refractivity contribution < 1.29 is 19.1 Å². The molecule has 6 N–H and O–H groups in total. The van der Waals surface area contributed by atoms with E-state index in [0.29, 0.717) is 13.0 Å². The molecule has 0 aliphatic rings. The Labute approximate surface area is 147 Å². The van der Waals surface area contributed by atoms with Gasteiger partial charge in [-0.3, -0.25) is 15.5 Å². The largest absolute Gasteiger partial charge is 0.390 e. The number of ether oxygens (including phenoxy) is 2. The van der Waals surface area contributed by atoms with Gasteiger partial charge in [-0.1, -0.05) is 43.2 Å². The van der Waals surface area contributed by atoms with Crippen molar-refractivity contribution >= 4 is 17.9 Å². The maximum Gasteiger partial charge on any atom is 0.357 e. The number of hydrogen-bond donors (Lipinski definition) is 3. The minimum Gasteiger partial charge on any atom is -0.390 e. The van der Waals surface area contributed by atoms with Crippen molar-refractivity contribution in [3.05, 3.63) is 35.9 Å². The van der Waals surface area contributed by atoms with Gasteiger partial charge < -0.3 is 20.9 Å². The zero-order chi connectivity index (χ0) is 18.5. The van der Waals surface area contributed by atoms with Crippen LogP contribution in [0.15, 0.2) is 35.3 Å². The Bertz CT molecular complexity index is 559. The molecule has 0 aromatic heterocycles. The lowest BCUT2D eigenvalue weighted by atomic mass is 10.1. The summed E-state index contributed by atoms with van der Waals surface area (Å²) in [6, 6.07) is 9.26. The highest BCUT2D eigenvalue weighted by molar-refractivity contribution is 5.87. The van der Waals surface area contributed by atoms with Gasteiger partial charge in [0, 0.05) is 13.0 Å². The standard InChI is InChI=1S/C17H26N4O4/c18-15(24-12-13-8-4-3-5-9-13)16(23)25-14(22)10-6-1-2-7-11-21-17(19)20/h3-5,8-9,15H,1-2,6-7,10-12,18H2,(H4,19,20,21). The van der Waals surface area contributed by atoms with Crippen LogP contribution in [-0.2, 0) is 25.7 Å². The highest BCUT2D eigenvalue weighted by Crippen LogP contribution is 2.06. The van der Waals surface area contributed by atoms with Crippen LogP contribution in [0, 0.1) is 0 Å². The fraction of sp³-hybridized carbons (Fsp3) is 0.471. The molecule has 0 radical (unpaired) electrons. The Balaban J connectivity index is 2.12. The number of esters is 2. The molecule has 0 aliphatic heterocycles. The van der Waals surface area contributed by atoms with Crippen LogP contribution >= 0.6 is 0 Å². The third kappa shape index (κ3) is 10.1. The number of carbonyl (C=O) groups excluding carboxylic acids is 2. The van der Waals surface area contributed by atoms with E-state index < -0.39 is 18.2 Å². The van der Waals surface area contributed by atoms with Gasteiger partial charge in [-0.2, -0.15) is 0 Å². The molecule has 8 nitrogen and oxygen atoms in total. The van der Waals surface area contributed by atoms with Crippen LogP contribution in [-0.4, -0.2) is 30.7 Å². The summed E-state index contributed by atoms with van der Waals surface area (Å²) in [6.07, 6.45) is 2.03. The van der Waals surface area contributed by atoms with Gasteiger partial charge in [0.15, 0.2) is 5.96 Å². The topological polar surface area (TPSA) is 143 Å². The van der Waals surface area contributed by atoms with Crippen molar-refractivity contribution in [2.75, 3.05) is 6.54 Å². The number of guanidine groups is 1. The van der Waals surface area contributed by atoms with Gasteiger partial charge in [-0.05, 0) is 18.4 Å². The van der Waals surface area contributed by atoms with Crippen LogP contribution in [0.5, 0.6) is 0 Å². The molecule has 0 bridgehead atoms. The number of rotatable bonds is 11. The normalized spacial score (nSPS) is 11.6. The number of benzene rings is 1. The predicted octanol–water partition coefficient (Wildman–Crippen LogP) is 0.782. The van der Waals surface area contributed by atoms with Crippen LogP contribution in [0.4, 0.5) is 0 Å². The first-order valence-corrected chi connectivity index (χ1v) is 8.20. The molecule has 0 spiro atoms. The summed E-state index contributed by atoms with van der Waals surface area (Å²) in [7, 11) is 0. The summed E-state index contributed by atoms with van der Waals surface area (Å²) in [6.45, 7) is 0.736. The van der Waals surface area contributed by atoms with Gasteiger partial charge in [0.2, 0.25) is 6.23 Å². The van der Waals surface area contributed by atoms with E-state index in [0.717, 1.165) is 24.8 Å². The van der Waals surface area contributed by atoms with Crippen LogP contribution < -0.4 is 17.2 Å². The van der Waals surface area contributed by atoms with Gasteiger partial charge >= 0.3 is 11.9 Å². The summed E-state index contributed by atoms with van der Waals surface area (Å²) in [5.41, 5.74) is 16.9. The second-order valence-electron chi connectivity index (χ2n) is 5.48. The summed E-state index contributed by atoms with van der Waals surface area (Å²) in [4.78, 5) is 27.1. The zero-order valence-electron chi connectivity index (χ0n) is 14.2. The number of nitrogens with two attached hydrogens (primary N) is 3. The third-order valence-electron chi connectivity index (χ3n) is 3.30. The van der Waals surface area contributed by atoms with E-state index in [9.17, 15) is 9.59 Å². The molecule has 1 atom stereocenters. The molecule has 0 aliphatic carbocycles. The molecule has 8 heteroatoms. The van der Waals surface area contributed by atoms with Gasteiger partial charge in [0.1, 0.15) is 0 Å². The Morgan fingerprint density at radius 2 is 1.72 bits per heavy atom. The lowest BCUT2D eigenvalue weighted by Gasteiger charge is -2.11. The van der Waals surface area contributed by atoms with Gasteiger partial charge in [0.25, 0.3) is 0 Å². The first kappa shape index (κ1) is 20.6. The summed E-state index contributed by atoms with van der Waals surface area (Å²) in [5, 5.41) is 0. The van der Waals surface area contributed by atoms with Gasteiger partial charge in [0.05, 0.1) is 6.61 Å². The summed E-state index contributed by atoms with van der Waals surface area (Å²) >= 11 is 0. The van der Waals surface area contributed by atoms with Crippen molar-refractivity contribution in [3.63, 3.8) is 0 Å². The van der Waals surface area contributed by atoms with E-state index in [1.165, 1.54) is 0 Å². The van der Waals surface area contributed by atoms with E-state index in [1.54, 1.807) is 0 Å². The molecule has 1 aromatic carbocycles. The second-order valence-corrected chi connectivity index (χ2v) is 5.48. The Morgan fingerprint density at radius 1 is 1.04 bits per heavy atom. The third-order valence-corrected chi connectivity index (χ3v) is 3.30. The maximum atomic E-state index is 11.7. The number of nitrogens with zero attached hydrogens (tertiary/aromatic N) is 1. The smallest absolute Gasteiger partial charge is 0.357 e. The van der Waals surface area contributed by atoms with Crippen LogP contribution in [0.3, 0.4) is 0 Å². The highest BCUT2D eigenvalue weighted by Gasteiger charge is 2.19. The molecule has 0 heterocycles. The first-order valence-electron chi connectivity index (χ1n) is 8.20. The number of aliphatic imine (C=N–C) groups is 1. The van der Waals surface area contributed by atoms with Crippen molar-refractivity contribution in [3.8, 4) is 0 Å². The molecule has 25 heavy (non-hydrogen) atoms. The molecule has 1 unspecified atom stereocenters. The van der Waals surface area contributed by atoms with E-state index in [1.807, 2.05) is 30.3 Å². The van der Waals surface area contributed by atoms with Gasteiger partial charge in [-0.25, -0.2) is 4.79 Å².